The van der Waals surface area contributed by atoms with Crippen LogP contribution in [0.5, 0.6) is 0 Å². The van der Waals surface area contributed by atoms with Gasteiger partial charge in [0, 0.05) is 41.8 Å². The summed E-state index contributed by atoms with van der Waals surface area (Å²) in [5.41, 5.74) is 8.54. The molecule has 0 radical (unpaired) electrons. The first kappa shape index (κ1) is 23.6. The summed E-state index contributed by atoms with van der Waals surface area (Å²) in [7, 11) is 0. The SMILES string of the molecule is Cc1ccc(-c2csc(CC3CCCN(C(=O)c4nc5ccccc5o4)C3C)n2)cn1.NC=O. The third kappa shape index (κ3) is 5.14. The van der Waals surface area contributed by atoms with Gasteiger partial charge in [-0.1, -0.05) is 12.1 Å². The zero-order valence-electron chi connectivity index (χ0n) is 19.2. The Morgan fingerprint density at radius 1 is 1.26 bits per heavy atom. The molecule has 4 aromatic rings. The van der Waals surface area contributed by atoms with Gasteiger partial charge in [0.05, 0.1) is 10.7 Å². The van der Waals surface area contributed by atoms with Gasteiger partial charge in [-0.25, -0.2) is 9.97 Å². The highest BCUT2D eigenvalue weighted by molar-refractivity contribution is 7.09. The second-order valence-corrected chi connectivity index (χ2v) is 9.23. The maximum atomic E-state index is 13.1. The number of carbonyl (C=O) groups is 2. The molecule has 9 heteroatoms. The average molecular weight is 478 g/mol. The van der Waals surface area contributed by atoms with E-state index >= 15 is 0 Å². The molecule has 1 aliphatic rings. The number of thiazole rings is 1. The smallest absolute Gasteiger partial charge is 0.309 e. The largest absolute Gasteiger partial charge is 0.432 e. The number of primary amides is 1. The fourth-order valence-corrected chi connectivity index (χ4v) is 5.15. The molecule has 8 nitrogen and oxygen atoms in total. The van der Waals surface area contributed by atoms with Gasteiger partial charge in [-0.2, -0.15) is 0 Å². The Bertz CT molecular complexity index is 1230. The topological polar surface area (TPSA) is 115 Å². The number of nitrogens with two attached hydrogens (primary N) is 1. The monoisotopic (exact) mass is 477 g/mol. The number of fused-ring (bicyclic) bond motifs is 1. The lowest BCUT2D eigenvalue weighted by molar-refractivity contribution is -0.106. The Labute approximate surface area is 201 Å². The van der Waals surface area contributed by atoms with Crippen LogP contribution in [0, 0.1) is 12.8 Å². The van der Waals surface area contributed by atoms with E-state index in [-0.39, 0.29) is 24.2 Å². The summed E-state index contributed by atoms with van der Waals surface area (Å²) in [6, 6.07) is 11.7. The number of piperidine rings is 1. The Kier molecular flexibility index (Phi) is 7.32. The first-order valence-electron chi connectivity index (χ1n) is 11.2. The predicted octanol–water partition coefficient (Wildman–Crippen LogP) is 4.24. The van der Waals surface area contributed by atoms with E-state index in [0.717, 1.165) is 47.8 Å². The van der Waals surface area contributed by atoms with Crippen molar-refractivity contribution in [3.05, 3.63) is 64.6 Å². The maximum absolute atomic E-state index is 13.1. The Balaban J connectivity index is 0.000000868. The lowest BCUT2D eigenvalue weighted by Gasteiger charge is -2.38. The van der Waals surface area contributed by atoms with Gasteiger partial charge < -0.3 is 15.1 Å². The molecule has 1 saturated heterocycles. The van der Waals surface area contributed by atoms with Gasteiger partial charge in [-0.3, -0.25) is 14.6 Å². The number of benzene rings is 1. The van der Waals surface area contributed by atoms with Crippen molar-refractivity contribution in [1.82, 2.24) is 19.9 Å². The molecule has 0 saturated carbocycles. The lowest BCUT2D eigenvalue weighted by atomic mass is 9.87. The highest BCUT2D eigenvalue weighted by Gasteiger charge is 2.34. The van der Waals surface area contributed by atoms with E-state index < -0.39 is 0 Å². The molecule has 0 aliphatic carbocycles. The second kappa shape index (κ2) is 10.6. The summed E-state index contributed by atoms with van der Waals surface area (Å²) in [4.78, 5) is 37.3. The molecular formula is C25H27N5O3S. The quantitative estimate of drug-likeness (QED) is 0.440. The zero-order chi connectivity index (χ0) is 24.1. The summed E-state index contributed by atoms with van der Waals surface area (Å²) in [5.74, 6) is 0.410. The number of hydrogen-bond acceptors (Lipinski definition) is 7. The number of likely N-dealkylation sites (tertiary alicyclic amines) is 1. The van der Waals surface area contributed by atoms with Crippen molar-refractivity contribution in [3.63, 3.8) is 0 Å². The van der Waals surface area contributed by atoms with Crippen LogP contribution in [0.15, 0.2) is 52.4 Å². The minimum atomic E-state index is -0.126. The lowest BCUT2D eigenvalue weighted by Crippen LogP contribution is -2.47. The molecule has 34 heavy (non-hydrogen) atoms. The van der Waals surface area contributed by atoms with Crippen molar-refractivity contribution < 1.29 is 14.0 Å². The van der Waals surface area contributed by atoms with E-state index in [9.17, 15) is 4.79 Å². The molecule has 2 unspecified atom stereocenters. The van der Waals surface area contributed by atoms with Crippen LogP contribution in [0.25, 0.3) is 22.4 Å². The predicted molar refractivity (Wildman–Crippen MR) is 131 cm³/mol. The summed E-state index contributed by atoms with van der Waals surface area (Å²) in [6.45, 7) is 4.84. The number of rotatable bonds is 4. The summed E-state index contributed by atoms with van der Waals surface area (Å²) < 4.78 is 5.73. The first-order chi connectivity index (χ1) is 16.5. The normalized spacial score (nSPS) is 17.8. The fourth-order valence-electron chi connectivity index (χ4n) is 4.25. The van der Waals surface area contributed by atoms with E-state index in [0.29, 0.717) is 17.0 Å². The van der Waals surface area contributed by atoms with Gasteiger partial charge in [0.1, 0.15) is 5.52 Å². The number of hydrogen-bond donors (Lipinski definition) is 1. The van der Waals surface area contributed by atoms with E-state index in [1.807, 2.05) is 48.4 Å². The molecule has 1 aromatic carbocycles. The Morgan fingerprint density at radius 3 is 2.79 bits per heavy atom. The van der Waals surface area contributed by atoms with Crippen molar-refractivity contribution in [2.45, 2.75) is 39.2 Å². The van der Waals surface area contributed by atoms with Crippen LogP contribution < -0.4 is 5.73 Å². The molecule has 4 heterocycles. The Hall–Kier alpha value is -3.59. The highest BCUT2D eigenvalue weighted by Crippen LogP contribution is 2.31. The van der Waals surface area contributed by atoms with Gasteiger partial charge >= 0.3 is 5.91 Å². The van der Waals surface area contributed by atoms with Gasteiger partial charge in [-0.15, -0.1) is 11.3 Å². The van der Waals surface area contributed by atoms with Crippen LogP contribution in [-0.2, 0) is 11.2 Å². The molecule has 176 valence electrons. The van der Waals surface area contributed by atoms with Crippen LogP contribution in [0.3, 0.4) is 0 Å². The number of pyridine rings is 1. The van der Waals surface area contributed by atoms with Crippen molar-refractivity contribution in [2.75, 3.05) is 6.54 Å². The molecule has 2 amide bonds. The summed E-state index contributed by atoms with van der Waals surface area (Å²) >= 11 is 1.68. The van der Waals surface area contributed by atoms with E-state index in [1.54, 1.807) is 11.3 Å². The molecule has 1 fully saturated rings. The second-order valence-electron chi connectivity index (χ2n) is 8.28. The first-order valence-corrected chi connectivity index (χ1v) is 12.1. The van der Waals surface area contributed by atoms with Gasteiger partial charge in [0.25, 0.3) is 5.89 Å². The third-order valence-corrected chi connectivity index (χ3v) is 6.95. The van der Waals surface area contributed by atoms with E-state index in [1.165, 1.54) is 0 Å². The van der Waals surface area contributed by atoms with Crippen molar-refractivity contribution >= 4 is 34.8 Å². The number of carbonyl (C=O) groups excluding carboxylic acids is 2. The van der Waals surface area contributed by atoms with Crippen LogP contribution in [0.1, 0.15) is 41.2 Å². The number of aryl methyl sites for hydroxylation is 1. The standard InChI is InChI=1S/C24H24N4O2S.CH3NO/c1-15-9-10-18(13-25-15)20-14-31-22(26-20)12-17-6-5-11-28(16(17)2)24(29)23-27-19-7-3-4-8-21(19)30-23;2-1-3/h3-4,7-10,13-14,16-17H,5-6,11-12H2,1-2H3;1H,(H2,2,3). The van der Waals surface area contributed by atoms with E-state index in [4.69, 9.17) is 14.2 Å². The molecule has 1 aliphatic heterocycles. The van der Waals surface area contributed by atoms with Gasteiger partial charge in [0.2, 0.25) is 6.41 Å². The van der Waals surface area contributed by atoms with Crippen LogP contribution >= 0.6 is 11.3 Å². The zero-order valence-corrected chi connectivity index (χ0v) is 20.0. The van der Waals surface area contributed by atoms with Gasteiger partial charge in [0.15, 0.2) is 5.58 Å². The van der Waals surface area contributed by atoms with Crippen LogP contribution in [0.2, 0.25) is 0 Å². The van der Waals surface area contributed by atoms with Crippen molar-refractivity contribution in [3.8, 4) is 11.3 Å². The van der Waals surface area contributed by atoms with Gasteiger partial charge in [-0.05, 0) is 56.9 Å². The minimum Gasteiger partial charge on any atom is -0.432 e. The molecule has 5 rings (SSSR count). The number of amides is 2. The van der Waals surface area contributed by atoms with Crippen molar-refractivity contribution in [2.24, 2.45) is 11.7 Å². The average Bonchev–Trinajstić information content (AvgIpc) is 3.48. The molecule has 0 spiro atoms. The summed E-state index contributed by atoms with van der Waals surface area (Å²) in [5, 5.41) is 3.19. The molecule has 0 bridgehead atoms. The minimum absolute atomic E-state index is 0.102. The molecular weight excluding hydrogens is 450 g/mol. The van der Waals surface area contributed by atoms with Crippen LogP contribution in [-0.4, -0.2) is 44.8 Å². The summed E-state index contributed by atoms with van der Waals surface area (Å²) in [6.07, 6.45) is 5.04. The third-order valence-electron chi connectivity index (χ3n) is 6.08. The van der Waals surface area contributed by atoms with E-state index in [2.05, 4.69) is 34.1 Å². The number of nitrogens with zero attached hydrogens (tertiary/aromatic N) is 4. The number of aromatic nitrogens is 3. The molecule has 2 N–H and O–H groups in total. The molecule has 3 aromatic heterocycles. The fraction of sp³-hybridized carbons (Fsp3) is 0.320. The van der Waals surface area contributed by atoms with Crippen LogP contribution in [0.4, 0.5) is 0 Å². The maximum Gasteiger partial charge on any atom is 0.309 e. The number of para-hydroxylation sites is 2. The Morgan fingerprint density at radius 2 is 2.06 bits per heavy atom. The highest BCUT2D eigenvalue weighted by atomic mass is 32.1. The molecule has 2 atom stereocenters. The van der Waals surface area contributed by atoms with Crippen molar-refractivity contribution in [1.29, 1.82) is 0 Å². The number of oxazole rings is 1.